The first-order chi connectivity index (χ1) is 23.5. The van der Waals surface area contributed by atoms with E-state index in [1.807, 2.05) is 72.8 Å². The molecule has 4 atom stereocenters. The summed E-state index contributed by atoms with van der Waals surface area (Å²) in [5.41, 5.74) is 6.46. The molecule has 7 rings (SSSR count). The molecule has 246 valence electrons. The number of benzene rings is 4. The van der Waals surface area contributed by atoms with Gasteiger partial charge in [0.15, 0.2) is 6.29 Å². The van der Waals surface area contributed by atoms with Crippen LogP contribution in [0.25, 0.3) is 11.0 Å². The zero-order valence-electron chi connectivity index (χ0n) is 27.1. The van der Waals surface area contributed by atoms with E-state index in [1.165, 1.54) is 11.8 Å². The molecule has 2 aliphatic rings. The second-order valence-electron chi connectivity index (χ2n) is 12.7. The van der Waals surface area contributed by atoms with Crippen LogP contribution in [-0.2, 0) is 22.6 Å². The second-order valence-corrected chi connectivity index (χ2v) is 12.7. The number of hydrogen-bond donors (Lipinski definition) is 2. The number of aromatic nitrogens is 2. The number of aliphatic hydroxyl groups is 1. The number of amides is 1. The first-order valence-electron chi connectivity index (χ1n) is 16.6. The standard InChI is InChI=1S/C39H41N5O4/c1-27-36(25-44-21-19-43(20-22-44)24-28-7-3-2-4-8-28)47-39(48-37(27)30-13-11-29(26-45)12-14-30)31-15-17-32(18-16-31)41-38(46)35-23-40-33-9-5-6-10-34(33)42-35/h2-18,23,27,36-37,39,45H,19-22,24-26H2,1H3,(H,41,46). The van der Waals surface area contributed by atoms with Crippen molar-refractivity contribution in [1.29, 1.82) is 0 Å². The third-order valence-electron chi connectivity index (χ3n) is 9.40. The number of aliphatic hydroxyl groups excluding tert-OH is 1. The van der Waals surface area contributed by atoms with Crippen LogP contribution in [0.5, 0.6) is 0 Å². The number of nitrogens with one attached hydrogen (secondary N) is 1. The monoisotopic (exact) mass is 643 g/mol. The van der Waals surface area contributed by atoms with Crippen molar-refractivity contribution in [3.05, 3.63) is 137 Å². The average molecular weight is 644 g/mol. The van der Waals surface area contributed by atoms with Gasteiger partial charge in [-0.1, -0.05) is 85.8 Å². The van der Waals surface area contributed by atoms with Crippen molar-refractivity contribution in [3.63, 3.8) is 0 Å². The first-order valence-corrected chi connectivity index (χ1v) is 16.6. The van der Waals surface area contributed by atoms with Crippen molar-refractivity contribution >= 4 is 22.6 Å². The summed E-state index contributed by atoms with van der Waals surface area (Å²) in [6.07, 6.45) is 0.668. The van der Waals surface area contributed by atoms with Crippen LogP contribution in [0.3, 0.4) is 0 Å². The van der Waals surface area contributed by atoms with Crippen LogP contribution in [0.15, 0.2) is 109 Å². The van der Waals surface area contributed by atoms with Crippen molar-refractivity contribution in [1.82, 2.24) is 19.8 Å². The predicted molar refractivity (Wildman–Crippen MR) is 185 cm³/mol. The number of hydrogen-bond acceptors (Lipinski definition) is 8. The normalized spacial score (nSPS) is 22.0. The smallest absolute Gasteiger partial charge is 0.275 e. The van der Waals surface area contributed by atoms with Crippen molar-refractivity contribution < 1.29 is 19.4 Å². The van der Waals surface area contributed by atoms with E-state index >= 15 is 0 Å². The minimum Gasteiger partial charge on any atom is -0.392 e. The second kappa shape index (κ2) is 14.7. The van der Waals surface area contributed by atoms with Crippen molar-refractivity contribution in [2.45, 2.75) is 38.6 Å². The van der Waals surface area contributed by atoms with E-state index in [-0.39, 0.29) is 36.3 Å². The number of piperazine rings is 1. The lowest BCUT2D eigenvalue weighted by atomic mass is 9.90. The minimum absolute atomic E-state index is 0.00228. The molecule has 0 saturated carbocycles. The summed E-state index contributed by atoms with van der Waals surface area (Å²) in [7, 11) is 0. The summed E-state index contributed by atoms with van der Waals surface area (Å²) < 4.78 is 13.4. The Morgan fingerprint density at radius 2 is 1.46 bits per heavy atom. The SMILES string of the molecule is CC1C(CN2CCN(Cc3ccccc3)CC2)OC(c2ccc(NC(=O)c3cnc4ccccc4n3)cc2)OC1c1ccc(CO)cc1. The number of fused-ring (bicyclic) bond motifs is 1. The van der Waals surface area contributed by atoms with E-state index in [1.54, 1.807) is 0 Å². The van der Waals surface area contributed by atoms with Crippen molar-refractivity contribution in [3.8, 4) is 0 Å². The van der Waals surface area contributed by atoms with E-state index in [0.717, 1.165) is 61.5 Å². The molecule has 4 aromatic carbocycles. The lowest BCUT2D eigenvalue weighted by Gasteiger charge is -2.44. The van der Waals surface area contributed by atoms with E-state index < -0.39 is 6.29 Å². The highest BCUT2D eigenvalue weighted by molar-refractivity contribution is 6.03. The Kier molecular flexibility index (Phi) is 9.83. The molecule has 5 aromatic rings. The van der Waals surface area contributed by atoms with E-state index in [9.17, 15) is 9.90 Å². The molecular weight excluding hydrogens is 602 g/mol. The Balaban J connectivity index is 1.04. The molecule has 4 unspecified atom stereocenters. The maximum absolute atomic E-state index is 13.0. The lowest BCUT2D eigenvalue weighted by Crippen LogP contribution is -2.51. The van der Waals surface area contributed by atoms with Crippen LogP contribution < -0.4 is 5.32 Å². The third-order valence-corrected chi connectivity index (χ3v) is 9.40. The van der Waals surface area contributed by atoms with Gasteiger partial charge in [-0.15, -0.1) is 0 Å². The summed E-state index contributed by atoms with van der Waals surface area (Å²) in [6.45, 7) is 7.98. The fraction of sp³-hybridized carbons (Fsp3) is 0.308. The maximum Gasteiger partial charge on any atom is 0.275 e. The van der Waals surface area contributed by atoms with Gasteiger partial charge in [0.2, 0.25) is 0 Å². The molecule has 2 N–H and O–H groups in total. The number of ether oxygens (including phenoxy) is 2. The largest absolute Gasteiger partial charge is 0.392 e. The fourth-order valence-electron chi connectivity index (χ4n) is 6.54. The van der Waals surface area contributed by atoms with E-state index in [4.69, 9.17) is 9.47 Å². The zero-order valence-corrected chi connectivity index (χ0v) is 27.1. The molecule has 0 spiro atoms. The molecular formula is C39H41N5O4. The van der Waals surface area contributed by atoms with Gasteiger partial charge >= 0.3 is 0 Å². The Morgan fingerprint density at radius 1 is 0.792 bits per heavy atom. The molecule has 2 aliphatic heterocycles. The molecule has 1 aromatic heterocycles. The predicted octanol–water partition coefficient (Wildman–Crippen LogP) is 5.98. The lowest BCUT2D eigenvalue weighted by molar-refractivity contribution is -0.276. The Hall–Kier alpha value is -4.51. The van der Waals surface area contributed by atoms with E-state index in [0.29, 0.717) is 11.2 Å². The molecule has 0 bridgehead atoms. The van der Waals surface area contributed by atoms with E-state index in [2.05, 4.69) is 62.3 Å². The van der Waals surface area contributed by atoms with Crippen molar-refractivity contribution in [2.75, 3.05) is 38.0 Å². The van der Waals surface area contributed by atoms with Crippen LogP contribution in [0.4, 0.5) is 5.69 Å². The summed E-state index contributed by atoms with van der Waals surface area (Å²) >= 11 is 0. The zero-order chi connectivity index (χ0) is 32.9. The molecule has 3 heterocycles. The van der Waals surface area contributed by atoms with Gasteiger partial charge in [-0.25, -0.2) is 4.98 Å². The number of carbonyl (C=O) groups excluding carboxylic acids is 1. The number of rotatable bonds is 9. The van der Waals surface area contributed by atoms with Gasteiger partial charge in [0.05, 0.1) is 36.0 Å². The number of carbonyl (C=O) groups is 1. The number of anilines is 1. The summed E-state index contributed by atoms with van der Waals surface area (Å²) in [5.74, 6) is -0.222. The van der Waals surface area contributed by atoms with Gasteiger partial charge in [0, 0.05) is 56.4 Å². The Labute approximate surface area is 281 Å². The van der Waals surface area contributed by atoms with Crippen LogP contribution in [0, 0.1) is 5.92 Å². The van der Waals surface area contributed by atoms with Gasteiger partial charge in [-0.3, -0.25) is 19.6 Å². The van der Waals surface area contributed by atoms with Crippen LogP contribution in [-0.4, -0.2) is 69.6 Å². The Bertz CT molecular complexity index is 1810. The van der Waals surface area contributed by atoms with Gasteiger partial charge in [0.25, 0.3) is 5.91 Å². The molecule has 0 radical (unpaired) electrons. The van der Waals surface area contributed by atoms with Crippen LogP contribution in [0.1, 0.15) is 52.1 Å². The van der Waals surface area contributed by atoms with Gasteiger partial charge in [-0.2, -0.15) is 0 Å². The summed E-state index contributed by atoms with van der Waals surface area (Å²) in [4.78, 5) is 26.8. The first kappa shape index (κ1) is 32.1. The molecule has 1 amide bonds. The molecule has 9 nitrogen and oxygen atoms in total. The van der Waals surface area contributed by atoms with Crippen LogP contribution >= 0.6 is 0 Å². The summed E-state index contributed by atoms with van der Waals surface area (Å²) in [6, 6.07) is 33.7. The topological polar surface area (TPSA) is 100 Å². The summed E-state index contributed by atoms with van der Waals surface area (Å²) in [5, 5.41) is 12.5. The molecule has 0 aliphatic carbocycles. The molecule has 2 saturated heterocycles. The van der Waals surface area contributed by atoms with Crippen molar-refractivity contribution in [2.24, 2.45) is 5.92 Å². The maximum atomic E-state index is 13.0. The molecule has 2 fully saturated rings. The quantitative estimate of drug-likeness (QED) is 0.202. The average Bonchev–Trinajstić information content (AvgIpc) is 3.14. The van der Waals surface area contributed by atoms with Gasteiger partial charge in [-0.05, 0) is 41.0 Å². The highest BCUT2D eigenvalue weighted by Crippen LogP contribution is 2.42. The highest BCUT2D eigenvalue weighted by atomic mass is 16.7. The highest BCUT2D eigenvalue weighted by Gasteiger charge is 2.39. The number of nitrogens with zero attached hydrogens (tertiary/aromatic N) is 4. The molecule has 9 heteroatoms. The van der Waals surface area contributed by atoms with Gasteiger partial charge in [0.1, 0.15) is 5.69 Å². The fourth-order valence-corrected chi connectivity index (χ4v) is 6.54. The van der Waals surface area contributed by atoms with Crippen LogP contribution in [0.2, 0.25) is 0 Å². The third kappa shape index (κ3) is 7.46. The number of para-hydroxylation sites is 2. The minimum atomic E-state index is -0.579. The molecule has 48 heavy (non-hydrogen) atoms. The Morgan fingerprint density at radius 3 is 2.19 bits per heavy atom. The van der Waals surface area contributed by atoms with Gasteiger partial charge < -0.3 is 19.9 Å².